The summed E-state index contributed by atoms with van der Waals surface area (Å²) < 4.78 is 6.18. The number of carboxylic acid groups (broad SMARTS) is 1. The van der Waals surface area contributed by atoms with Gasteiger partial charge in [-0.3, -0.25) is 19.2 Å². The van der Waals surface area contributed by atoms with Gasteiger partial charge in [0.2, 0.25) is 5.91 Å². The number of aliphatic carboxylic acids is 1. The number of allylic oxidation sites excluding steroid dienone is 1. The lowest BCUT2D eigenvalue weighted by Gasteiger charge is -2.72. The smallest absolute Gasteiger partial charge is 0.309 e. The number of hydrogen-bond donors (Lipinski definition) is 2. The van der Waals surface area contributed by atoms with E-state index in [-0.39, 0.29) is 64.3 Å². The number of aliphatic hydroxyl groups excluding tert-OH is 1. The summed E-state index contributed by atoms with van der Waals surface area (Å²) in [5.41, 5.74) is 1.84. The number of rotatable bonds is 12. The van der Waals surface area contributed by atoms with Crippen molar-refractivity contribution in [1.82, 2.24) is 9.80 Å². The Balaban J connectivity index is 1.29. The molecular weight excluding hydrogens is 764 g/mol. The zero-order valence-electron chi connectivity index (χ0n) is 38.1. The minimum absolute atomic E-state index is 0.0115. The number of carbonyl (C=O) groups is 4. The average Bonchev–Trinajstić information content (AvgIpc) is 3.43. The van der Waals surface area contributed by atoms with Crippen molar-refractivity contribution in [3.05, 3.63) is 45.5 Å². The number of carbonyl (C=O) groups excluding carboxylic acids is 3. The van der Waals surface area contributed by atoms with Gasteiger partial charge in [0.25, 0.3) is 0 Å². The molecule has 10 heteroatoms. The third-order valence-corrected chi connectivity index (χ3v) is 17.6. The van der Waals surface area contributed by atoms with Crippen molar-refractivity contribution in [3.8, 4) is 0 Å². The quantitative estimate of drug-likeness (QED) is 0.200. The Hall–Kier alpha value is -2.75. The van der Waals surface area contributed by atoms with Gasteiger partial charge in [0, 0.05) is 48.8 Å². The third kappa shape index (κ3) is 7.63. The van der Waals surface area contributed by atoms with Crippen LogP contribution in [0.4, 0.5) is 0 Å². The Labute approximate surface area is 359 Å². The lowest BCUT2D eigenvalue weighted by Crippen LogP contribution is -2.66. The summed E-state index contributed by atoms with van der Waals surface area (Å²) >= 11 is 6.41. The Kier molecular flexibility index (Phi) is 12.3. The molecule has 5 aliphatic carbocycles. The van der Waals surface area contributed by atoms with Crippen molar-refractivity contribution in [3.63, 3.8) is 0 Å². The Morgan fingerprint density at radius 3 is 2.20 bits per heavy atom. The van der Waals surface area contributed by atoms with Gasteiger partial charge in [-0.2, -0.15) is 0 Å². The van der Waals surface area contributed by atoms with E-state index in [9.17, 15) is 29.4 Å². The third-order valence-electron chi connectivity index (χ3n) is 17.4. The Bertz CT molecular complexity index is 1890. The topological polar surface area (TPSA) is 124 Å². The second-order valence-corrected chi connectivity index (χ2v) is 22.6. The van der Waals surface area contributed by atoms with E-state index in [1.807, 2.05) is 32.3 Å². The van der Waals surface area contributed by atoms with E-state index in [1.165, 1.54) is 5.57 Å². The molecule has 5 aliphatic rings. The minimum atomic E-state index is -1.19. The number of ether oxygens (including phenoxy) is 1. The van der Waals surface area contributed by atoms with Gasteiger partial charge in [0.15, 0.2) is 5.78 Å². The van der Waals surface area contributed by atoms with Crippen LogP contribution in [0.3, 0.4) is 0 Å². The first-order valence-electron chi connectivity index (χ1n) is 22.3. The number of fused-ring (bicyclic) bond motifs is 7. The van der Waals surface area contributed by atoms with Crippen LogP contribution in [0.1, 0.15) is 145 Å². The summed E-state index contributed by atoms with van der Waals surface area (Å²) in [6.45, 7) is 22.2. The fraction of sp³-hybridized carbons (Fsp3) is 0.755. The van der Waals surface area contributed by atoms with Crippen LogP contribution in [0.15, 0.2) is 29.3 Å². The van der Waals surface area contributed by atoms with Crippen molar-refractivity contribution in [2.24, 2.45) is 56.2 Å². The molecule has 4 fully saturated rings. The zero-order valence-corrected chi connectivity index (χ0v) is 38.9. The highest BCUT2D eigenvalue weighted by Gasteiger charge is 2.71. The molecule has 1 amide bonds. The maximum atomic E-state index is 14.3. The number of carboxylic acids is 1. The largest absolute Gasteiger partial charge is 0.481 e. The molecule has 0 spiro atoms. The number of aliphatic hydroxyl groups is 1. The monoisotopic (exact) mass is 837 g/mol. The van der Waals surface area contributed by atoms with Crippen LogP contribution in [0.25, 0.3) is 0 Å². The van der Waals surface area contributed by atoms with E-state index in [0.29, 0.717) is 42.8 Å². The number of benzene rings is 1. The SMILES string of the molecule is CC(=O)N(Cc1ccc(Cl)cc1CN(C)C)CC(O)C12CC[C@]3(C)[C@H](CC[C@@H]4[C@@]5(C)CC[C@H](OC(=O)CC(C)(C)C(=O)O)C(C)(C)[C@@H]5CC[C@]43C)C1=C(C(C)C)C(=O)C2. The normalized spacial score (nSPS) is 34.5. The lowest BCUT2D eigenvalue weighted by atomic mass is 9.33. The van der Waals surface area contributed by atoms with Gasteiger partial charge in [-0.25, -0.2) is 0 Å². The second kappa shape index (κ2) is 15.9. The summed E-state index contributed by atoms with van der Waals surface area (Å²) in [7, 11) is 4.01. The number of ketones is 1. The number of halogens is 1. The molecule has 2 unspecified atom stereocenters. The fourth-order valence-corrected chi connectivity index (χ4v) is 14.2. The molecule has 9 atom stereocenters. The van der Waals surface area contributed by atoms with Crippen molar-refractivity contribution in [2.75, 3.05) is 20.6 Å². The zero-order chi connectivity index (χ0) is 43.8. The molecule has 0 heterocycles. The van der Waals surface area contributed by atoms with Crippen molar-refractivity contribution in [1.29, 1.82) is 0 Å². The molecule has 0 bridgehead atoms. The first-order valence-corrected chi connectivity index (χ1v) is 22.7. The molecule has 6 rings (SSSR count). The molecule has 328 valence electrons. The molecule has 1 aromatic rings. The van der Waals surface area contributed by atoms with Crippen LogP contribution in [0.2, 0.25) is 5.02 Å². The van der Waals surface area contributed by atoms with E-state index >= 15 is 0 Å². The highest BCUT2D eigenvalue weighted by molar-refractivity contribution is 6.30. The minimum Gasteiger partial charge on any atom is -0.481 e. The molecule has 1 aromatic carbocycles. The highest BCUT2D eigenvalue weighted by atomic mass is 35.5. The molecule has 0 saturated heterocycles. The molecule has 0 radical (unpaired) electrons. The fourth-order valence-electron chi connectivity index (χ4n) is 14.0. The van der Waals surface area contributed by atoms with Crippen LogP contribution < -0.4 is 0 Å². The Morgan fingerprint density at radius 1 is 0.915 bits per heavy atom. The van der Waals surface area contributed by atoms with Crippen molar-refractivity contribution in [2.45, 2.75) is 159 Å². The summed E-state index contributed by atoms with van der Waals surface area (Å²) in [4.78, 5) is 56.5. The van der Waals surface area contributed by atoms with Crippen molar-refractivity contribution < 1.29 is 34.1 Å². The molecule has 2 N–H and O–H groups in total. The van der Waals surface area contributed by atoms with Gasteiger partial charge < -0.3 is 24.7 Å². The first kappa shape index (κ1) is 45.8. The molecule has 59 heavy (non-hydrogen) atoms. The maximum absolute atomic E-state index is 14.3. The van der Waals surface area contributed by atoms with E-state index in [2.05, 4.69) is 53.4 Å². The molecular formula is C49H73ClN2O7. The van der Waals surface area contributed by atoms with Gasteiger partial charge in [0.1, 0.15) is 6.10 Å². The van der Waals surface area contributed by atoms with Gasteiger partial charge in [-0.1, -0.05) is 71.7 Å². The van der Waals surface area contributed by atoms with E-state index < -0.39 is 28.9 Å². The molecule has 0 aromatic heterocycles. The number of Topliss-reactive ketones (excluding diaryl/α,β-unsaturated/α-hetero) is 1. The maximum Gasteiger partial charge on any atom is 0.309 e. The predicted octanol–water partition coefficient (Wildman–Crippen LogP) is 9.50. The van der Waals surface area contributed by atoms with Crippen LogP contribution in [0.5, 0.6) is 0 Å². The first-order chi connectivity index (χ1) is 27.2. The number of amides is 1. The molecule has 0 aliphatic heterocycles. The van der Waals surface area contributed by atoms with E-state index in [4.69, 9.17) is 16.3 Å². The molecule has 4 saturated carbocycles. The summed E-state index contributed by atoms with van der Waals surface area (Å²) in [5, 5.41) is 22.9. The number of hydrogen-bond acceptors (Lipinski definition) is 7. The van der Waals surface area contributed by atoms with E-state index in [1.54, 1.807) is 25.7 Å². The van der Waals surface area contributed by atoms with E-state index in [0.717, 1.165) is 61.6 Å². The van der Waals surface area contributed by atoms with Crippen molar-refractivity contribution >= 4 is 35.2 Å². The highest BCUT2D eigenvalue weighted by Crippen LogP contribution is 2.77. The van der Waals surface area contributed by atoms with Gasteiger partial charge in [-0.05, 0) is 148 Å². The van der Waals surface area contributed by atoms with Gasteiger partial charge >= 0.3 is 11.9 Å². The van der Waals surface area contributed by atoms with Crippen LogP contribution in [0, 0.1) is 56.2 Å². The van der Waals surface area contributed by atoms with Crippen LogP contribution in [-0.4, -0.2) is 76.5 Å². The van der Waals surface area contributed by atoms with Gasteiger partial charge in [0.05, 0.1) is 17.9 Å². The second-order valence-electron chi connectivity index (χ2n) is 22.1. The van der Waals surface area contributed by atoms with Gasteiger partial charge in [-0.15, -0.1) is 0 Å². The number of esters is 1. The average molecular weight is 838 g/mol. The Morgan fingerprint density at radius 2 is 1.59 bits per heavy atom. The summed E-state index contributed by atoms with van der Waals surface area (Å²) in [5.74, 6) is -0.471. The van der Waals surface area contributed by atoms with Crippen LogP contribution in [-0.2, 0) is 37.0 Å². The summed E-state index contributed by atoms with van der Waals surface area (Å²) in [6.07, 6.45) is 6.27. The standard InChI is InChI=1S/C49H73ClN2O7/c1-29(2)41-35(54)24-49(38(55)28-52(30(3)53)27-31-13-14-33(50)23-32(31)26-51(11)12)22-21-47(9)34(42(41)49)15-16-37-46(8)19-18-39(59-40(56)25-44(4,5)43(57)58)45(6,7)36(46)17-20-48(37,47)10/h13-14,23,29,34,36-39,55H,15-22,24-28H2,1-12H3,(H,57,58)/t34-,36+,37-,38?,39+,46+,47-,48-,49?/m1/s1. The lowest BCUT2D eigenvalue weighted by molar-refractivity contribution is -0.235. The molecule has 9 nitrogen and oxygen atoms in total. The predicted molar refractivity (Wildman–Crippen MR) is 231 cm³/mol. The summed E-state index contributed by atoms with van der Waals surface area (Å²) in [6, 6.07) is 5.79. The van der Waals surface area contributed by atoms with Crippen LogP contribution >= 0.6 is 11.6 Å². The number of nitrogens with zero attached hydrogens (tertiary/aromatic N) is 2.